The minimum absolute atomic E-state index is 0.0894. The number of anilines is 2. The van der Waals surface area contributed by atoms with Crippen LogP contribution in [-0.4, -0.2) is 14.3 Å². The van der Waals surface area contributed by atoms with Gasteiger partial charge in [-0.25, -0.2) is 8.42 Å². The Balaban J connectivity index is 1.07. The number of rotatable bonds is 8. The van der Waals surface area contributed by atoms with Crippen molar-refractivity contribution in [2.24, 2.45) is 17.8 Å². The Kier molecular flexibility index (Phi) is 7.54. The Morgan fingerprint density at radius 3 is 2.07 bits per heavy atom. The molecule has 226 valence electrons. The molecule has 1 N–H and O–H groups in total. The zero-order valence-electron chi connectivity index (χ0n) is 24.9. The molecule has 8 rings (SSSR count). The molecular weight excluding hydrogens is 588 g/mol. The Morgan fingerprint density at radius 1 is 0.841 bits per heavy atom. The molecule has 0 saturated heterocycles. The van der Waals surface area contributed by atoms with Gasteiger partial charge in [-0.2, -0.15) is 0 Å². The lowest BCUT2D eigenvalue weighted by atomic mass is 9.48. The largest absolute Gasteiger partial charge is 0.322 e. The van der Waals surface area contributed by atoms with Gasteiger partial charge in [0.2, 0.25) is 0 Å². The number of halogens is 1. The van der Waals surface area contributed by atoms with E-state index in [0.717, 1.165) is 34.6 Å². The molecule has 4 saturated carbocycles. The molecule has 1 amide bonds. The Hall–Kier alpha value is -3.61. The quantitative estimate of drug-likeness (QED) is 0.213. The normalized spacial score (nSPS) is 23.8. The second-order valence-electron chi connectivity index (χ2n) is 13.2. The van der Waals surface area contributed by atoms with E-state index >= 15 is 0 Å². The topological polar surface area (TPSA) is 66.5 Å². The van der Waals surface area contributed by atoms with Crippen LogP contribution in [-0.2, 0) is 22.0 Å². The van der Waals surface area contributed by atoms with Gasteiger partial charge in [0.1, 0.15) is 0 Å². The molecule has 0 heterocycles. The number of benzene rings is 4. The molecule has 4 fully saturated rings. The van der Waals surface area contributed by atoms with E-state index in [4.69, 9.17) is 11.6 Å². The Labute approximate surface area is 265 Å². The van der Waals surface area contributed by atoms with E-state index in [-0.39, 0.29) is 17.3 Å². The number of hydrogen-bond donors (Lipinski definition) is 1. The third-order valence-electron chi connectivity index (χ3n) is 10.1. The van der Waals surface area contributed by atoms with Crippen LogP contribution < -0.4 is 9.62 Å². The third-order valence-corrected chi connectivity index (χ3v) is 12.1. The van der Waals surface area contributed by atoms with Gasteiger partial charge in [-0.05, 0) is 134 Å². The summed E-state index contributed by atoms with van der Waals surface area (Å²) in [6, 6.07) is 29.2. The molecule has 0 radical (unpaired) electrons. The van der Waals surface area contributed by atoms with Gasteiger partial charge >= 0.3 is 0 Å². The second-order valence-corrected chi connectivity index (χ2v) is 15.5. The first kappa shape index (κ1) is 29.1. The van der Waals surface area contributed by atoms with Crippen LogP contribution in [0.3, 0.4) is 0 Å². The van der Waals surface area contributed by atoms with Crippen molar-refractivity contribution in [3.05, 3.63) is 124 Å². The molecule has 4 bridgehead atoms. The number of sulfonamides is 1. The van der Waals surface area contributed by atoms with Gasteiger partial charge in [0.25, 0.3) is 15.9 Å². The Bertz CT molecular complexity index is 1750. The summed E-state index contributed by atoms with van der Waals surface area (Å²) < 4.78 is 29.0. The van der Waals surface area contributed by atoms with E-state index in [0.29, 0.717) is 21.7 Å². The molecule has 4 aromatic rings. The van der Waals surface area contributed by atoms with Crippen molar-refractivity contribution in [2.45, 2.75) is 62.3 Å². The highest BCUT2D eigenvalue weighted by atomic mass is 35.5. The summed E-state index contributed by atoms with van der Waals surface area (Å²) in [5.41, 5.74) is 5.11. The van der Waals surface area contributed by atoms with Crippen LogP contribution in [0, 0.1) is 24.7 Å². The minimum Gasteiger partial charge on any atom is -0.322 e. The lowest BCUT2D eigenvalue weighted by molar-refractivity contribution is -0.00518. The van der Waals surface area contributed by atoms with Gasteiger partial charge in [-0.1, -0.05) is 60.1 Å². The van der Waals surface area contributed by atoms with Crippen LogP contribution in [0.4, 0.5) is 11.4 Å². The fourth-order valence-corrected chi connectivity index (χ4v) is 10.1. The number of nitrogens with zero attached hydrogens (tertiary/aromatic N) is 1. The molecule has 44 heavy (non-hydrogen) atoms. The van der Waals surface area contributed by atoms with Crippen LogP contribution in [0.15, 0.2) is 102 Å². The van der Waals surface area contributed by atoms with E-state index in [2.05, 4.69) is 17.4 Å². The van der Waals surface area contributed by atoms with E-state index in [1.54, 1.807) is 66.7 Å². The van der Waals surface area contributed by atoms with Crippen molar-refractivity contribution in [3.8, 4) is 0 Å². The minimum atomic E-state index is -3.88. The predicted octanol–water partition coefficient (Wildman–Crippen LogP) is 8.76. The van der Waals surface area contributed by atoms with Gasteiger partial charge in [-0.3, -0.25) is 9.10 Å². The molecule has 0 aromatic heterocycles. The maximum atomic E-state index is 13.8. The van der Waals surface area contributed by atoms with E-state index in [1.165, 1.54) is 48.4 Å². The average molecular weight is 625 g/mol. The van der Waals surface area contributed by atoms with Gasteiger partial charge < -0.3 is 5.32 Å². The molecule has 7 heteroatoms. The first-order valence-electron chi connectivity index (χ1n) is 15.5. The summed E-state index contributed by atoms with van der Waals surface area (Å²) in [6.45, 7) is 1.95. The van der Waals surface area contributed by atoms with Crippen LogP contribution in [0.2, 0.25) is 5.02 Å². The summed E-state index contributed by atoms with van der Waals surface area (Å²) >= 11 is 6.29. The first-order valence-corrected chi connectivity index (χ1v) is 17.4. The predicted molar refractivity (Wildman–Crippen MR) is 177 cm³/mol. The number of aryl methyl sites for hydroxylation is 1. The fraction of sp³-hybridized carbons (Fsp3) is 0.324. The molecule has 4 aliphatic rings. The SMILES string of the molecule is Cc1ccc(Cl)cc1N(Cc1ccc(C(=O)Nc2ccc(C34CC5CC(CC(C5)C3)C4)cc2)cc1)S(=O)(=O)c1ccccc1. The van der Waals surface area contributed by atoms with Crippen molar-refractivity contribution < 1.29 is 13.2 Å². The van der Waals surface area contributed by atoms with E-state index < -0.39 is 10.0 Å². The Morgan fingerprint density at radius 2 is 1.45 bits per heavy atom. The highest BCUT2D eigenvalue weighted by Crippen LogP contribution is 2.60. The molecule has 4 aliphatic carbocycles. The molecule has 0 spiro atoms. The van der Waals surface area contributed by atoms with E-state index in [1.807, 2.05) is 25.1 Å². The van der Waals surface area contributed by atoms with Gasteiger partial charge in [-0.15, -0.1) is 0 Å². The summed E-state index contributed by atoms with van der Waals surface area (Å²) in [5.74, 6) is 2.48. The number of hydrogen-bond acceptors (Lipinski definition) is 3. The van der Waals surface area contributed by atoms with Crippen molar-refractivity contribution in [1.82, 2.24) is 0 Å². The van der Waals surface area contributed by atoms with Crippen LogP contribution in [0.1, 0.15) is 65.6 Å². The zero-order valence-corrected chi connectivity index (χ0v) is 26.4. The maximum absolute atomic E-state index is 13.8. The van der Waals surface area contributed by atoms with Gasteiger partial charge in [0, 0.05) is 16.3 Å². The monoisotopic (exact) mass is 624 g/mol. The number of carbonyl (C=O) groups is 1. The van der Waals surface area contributed by atoms with Crippen molar-refractivity contribution in [2.75, 3.05) is 9.62 Å². The second kappa shape index (κ2) is 11.4. The molecular formula is C37H37ClN2O3S. The number of nitrogens with one attached hydrogen (secondary N) is 1. The molecule has 4 aromatic carbocycles. The van der Waals surface area contributed by atoms with Gasteiger partial charge in [0.15, 0.2) is 0 Å². The van der Waals surface area contributed by atoms with Crippen LogP contribution >= 0.6 is 11.6 Å². The zero-order chi connectivity index (χ0) is 30.5. The number of amides is 1. The van der Waals surface area contributed by atoms with E-state index in [9.17, 15) is 13.2 Å². The van der Waals surface area contributed by atoms with Crippen LogP contribution in [0.5, 0.6) is 0 Å². The lowest BCUT2D eigenvalue weighted by Gasteiger charge is -2.57. The summed E-state index contributed by atoms with van der Waals surface area (Å²) in [6.07, 6.45) is 8.22. The van der Waals surface area contributed by atoms with Crippen molar-refractivity contribution in [1.29, 1.82) is 0 Å². The molecule has 0 aliphatic heterocycles. The molecule has 5 nitrogen and oxygen atoms in total. The highest BCUT2D eigenvalue weighted by molar-refractivity contribution is 7.92. The molecule has 0 atom stereocenters. The first-order chi connectivity index (χ1) is 21.2. The third kappa shape index (κ3) is 5.54. The molecule has 0 unspecified atom stereocenters. The summed E-state index contributed by atoms with van der Waals surface area (Å²) in [7, 11) is -3.88. The summed E-state index contributed by atoms with van der Waals surface area (Å²) in [5, 5.41) is 3.50. The lowest BCUT2D eigenvalue weighted by Crippen LogP contribution is -2.48. The van der Waals surface area contributed by atoms with Gasteiger partial charge in [0.05, 0.1) is 17.1 Å². The van der Waals surface area contributed by atoms with Crippen molar-refractivity contribution in [3.63, 3.8) is 0 Å². The highest BCUT2D eigenvalue weighted by Gasteiger charge is 2.51. The maximum Gasteiger partial charge on any atom is 0.264 e. The fourth-order valence-electron chi connectivity index (χ4n) is 8.37. The number of carbonyl (C=O) groups excluding carboxylic acids is 1. The summed E-state index contributed by atoms with van der Waals surface area (Å²) in [4.78, 5) is 13.4. The smallest absolute Gasteiger partial charge is 0.264 e. The standard InChI is InChI=1S/C37H37ClN2O3S/c1-25-7-14-32(38)20-35(25)40(44(42,43)34-5-3-2-4-6-34)24-26-8-10-30(11-9-26)36(41)39-33-15-12-31(13-16-33)37-21-27-17-28(22-37)19-29(18-27)23-37/h2-16,20,27-29H,17-19,21-24H2,1H3,(H,39,41). The average Bonchev–Trinajstić information content (AvgIpc) is 3.01. The van der Waals surface area contributed by atoms with Crippen LogP contribution in [0.25, 0.3) is 0 Å². The van der Waals surface area contributed by atoms with Crippen molar-refractivity contribution >= 4 is 38.9 Å².